The van der Waals surface area contributed by atoms with Crippen LogP contribution in [0.2, 0.25) is 0 Å². The number of halogens is 4. The molecule has 0 fully saturated rings. The Morgan fingerprint density at radius 3 is 2.69 bits per heavy atom. The topological polar surface area (TPSA) is 0 Å². The van der Waals surface area contributed by atoms with Crippen molar-refractivity contribution in [1.29, 1.82) is 0 Å². The van der Waals surface area contributed by atoms with Crippen molar-refractivity contribution in [3.8, 4) is 0 Å². The third-order valence-electron chi connectivity index (χ3n) is 2.53. The third kappa shape index (κ3) is 3.70. The highest BCUT2D eigenvalue weighted by atomic mass is 79.9. The van der Waals surface area contributed by atoms with Crippen molar-refractivity contribution in [2.75, 3.05) is 0 Å². The molecule has 0 saturated heterocycles. The van der Waals surface area contributed by atoms with Gasteiger partial charge in [-0.15, -0.1) is 11.6 Å². The first kappa shape index (κ1) is 13.9. The lowest BCUT2D eigenvalue weighted by Gasteiger charge is -2.08. The van der Waals surface area contributed by atoms with E-state index in [-0.39, 0.29) is 10.9 Å². The Kier molecular flexibility index (Phi) is 5.70. The highest BCUT2D eigenvalue weighted by Crippen LogP contribution is 2.23. The molecular weight excluding hydrogens is 297 g/mol. The van der Waals surface area contributed by atoms with Crippen LogP contribution < -0.4 is 0 Å². The van der Waals surface area contributed by atoms with Crippen LogP contribution >= 0.6 is 27.5 Å². The van der Waals surface area contributed by atoms with Crippen LogP contribution in [-0.2, 0) is 6.42 Å². The molecule has 0 saturated carbocycles. The molecule has 4 heteroatoms. The summed E-state index contributed by atoms with van der Waals surface area (Å²) in [5, 5.41) is 0.0956. The highest BCUT2D eigenvalue weighted by Gasteiger charge is 2.12. The van der Waals surface area contributed by atoms with E-state index in [1.165, 1.54) is 12.1 Å². The molecule has 0 nitrogen and oxygen atoms in total. The minimum absolute atomic E-state index is 0.0956. The Balaban J connectivity index is 2.63. The monoisotopic (exact) mass is 310 g/mol. The zero-order chi connectivity index (χ0) is 12.1. The van der Waals surface area contributed by atoms with E-state index in [4.69, 9.17) is 11.6 Å². The summed E-state index contributed by atoms with van der Waals surface area (Å²) in [5.41, 5.74) is 0.148. The molecule has 0 radical (unpaired) electrons. The lowest BCUT2D eigenvalue weighted by atomic mass is 10.1. The average molecular weight is 312 g/mol. The number of rotatable bonds is 5. The first-order valence-corrected chi connectivity index (χ1v) is 6.55. The summed E-state index contributed by atoms with van der Waals surface area (Å²) in [5.74, 6) is -0.981. The molecule has 0 bridgehead atoms. The molecule has 90 valence electrons. The fourth-order valence-corrected chi connectivity index (χ4v) is 2.03. The Labute approximate surface area is 108 Å². The second-order valence-electron chi connectivity index (χ2n) is 3.72. The molecule has 0 aliphatic carbocycles. The van der Waals surface area contributed by atoms with E-state index in [1.54, 1.807) is 0 Å². The molecule has 0 amide bonds. The summed E-state index contributed by atoms with van der Waals surface area (Å²) in [4.78, 5) is 0. The molecule has 1 rings (SSSR count). The molecule has 0 spiro atoms. The van der Waals surface area contributed by atoms with Gasteiger partial charge in [0.1, 0.15) is 11.6 Å². The summed E-state index contributed by atoms with van der Waals surface area (Å²) in [6.07, 6.45) is 2.75. The van der Waals surface area contributed by atoms with Gasteiger partial charge < -0.3 is 0 Å². The van der Waals surface area contributed by atoms with Crippen molar-refractivity contribution in [2.45, 2.75) is 38.0 Å². The predicted molar refractivity (Wildman–Crippen MR) is 66.9 cm³/mol. The van der Waals surface area contributed by atoms with E-state index in [1.807, 2.05) is 6.92 Å². The Bertz CT molecular complexity index is 355. The van der Waals surface area contributed by atoms with Crippen molar-refractivity contribution in [2.24, 2.45) is 0 Å². The van der Waals surface area contributed by atoms with Gasteiger partial charge in [-0.3, -0.25) is 0 Å². The van der Waals surface area contributed by atoms with E-state index in [2.05, 4.69) is 15.9 Å². The van der Waals surface area contributed by atoms with Crippen LogP contribution in [0.3, 0.4) is 0 Å². The van der Waals surface area contributed by atoms with Crippen LogP contribution in [-0.4, -0.2) is 5.38 Å². The molecule has 16 heavy (non-hydrogen) atoms. The SMILES string of the molecule is CCC(Cl)CCCc1c(F)ccc(Br)c1F. The van der Waals surface area contributed by atoms with Crippen LogP contribution in [0.4, 0.5) is 8.78 Å². The maximum atomic E-state index is 13.5. The number of hydrogen-bond acceptors (Lipinski definition) is 0. The second-order valence-corrected chi connectivity index (χ2v) is 5.19. The number of benzene rings is 1. The predicted octanol–water partition coefficient (Wildman–Crippen LogP) is 5.07. The van der Waals surface area contributed by atoms with E-state index < -0.39 is 11.6 Å². The molecule has 1 atom stereocenters. The molecule has 0 aromatic heterocycles. The van der Waals surface area contributed by atoms with Gasteiger partial charge in [-0.25, -0.2) is 8.78 Å². The van der Waals surface area contributed by atoms with Gasteiger partial charge in [0.05, 0.1) is 4.47 Å². The fourth-order valence-electron chi connectivity index (χ4n) is 1.50. The van der Waals surface area contributed by atoms with Gasteiger partial charge in [-0.05, 0) is 53.7 Å². The van der Waals surface area contributed by atoms with Crippen LogP contribution in [0.5, 0.6) is 0 Å². The molecule has 1 aromatic rings. The molecule has 1 aromatic carbocycles. The van der Waals surface area contributed by atoms with Crippen LogP contribution in [0.15, 0.2) is 16.6 Å². The smallest absolute Gasteiger partial charge is 0.143 e. The number of hydrogen-bond donors (Lipinski definition) is 0. The van der Waals surface area contributed by atoms with E-state index in [0.29, 0.717) is 17.3 Å². The van der Waals surface area contributed by atoms with E-state index >= 15 is 0 Å². The van der Waals surface area contributed by atoms with Gasteiger partial charge in [0.25, 0.3) is 0 Å². The van der Waals surface area contributed by atoms with Gasteiger partial charge in [-0.2, -0.15) is 0 Å². The largest absolute Gasteiger partial charge is 0.207 e. The summed E-state index contributed by atoms with van der Waals surface area (Å²) in [6, 6.07) is 2.66. The normalized spacial score (nSPS) is 12.8. The quantitative estimate of drug-likeness (QED) is 0.526. The molecule has 0 heterocycles. The Morgan fingerprint density at radius 2 is 2.06 bits per heavy atom. The molecule has 1 unspecified atom stereocenters. The zero-order valence-electron chi connectivity index (χ0n) is 9.07. The lowest BCUT2D eigenvalue weighted by Crippen LogP contribution is -2.01. The first-order valence-electron chi connectivity index (χ1n) is 5.32. The fraction of sp³-hybridized carbons (Fsp3) is 0.500. The Hall–Kier alpha value is -0.150. The van der Waals surface area contributed by atoms with Gasteiger partial charge in [-0.1, -0.05) is 6.92 Å². The molecule has 0 N–H and O–H groups in total. The van der Waals surface area contributed by atoms with Crippen molar-refractivity contribution in [1.82, 2.24) is 0 Å². The summed E-state index contributed by atoms with van der Waals surface area (Å²) in [7, 11) is 0. The van der Waals surface area contributed by atoms with Crippen molar-refractivity contribution in [3.05, 3.63) is 33.8 Å². The average Bonchev–Trinajstić information content (AvgIpc) is 2.28. The van der Waals surface area contributed by atoms with Gasteiger partial charge in [0.15, 0.2) is 0 Å². The van der Waals surface area contributed by atoms with Crippen LogP contribution in [0.1, 0.15) is 31.7 Å². The van der Waals surface area contributed by atoms with Gasteiger partial charge in [0, 0.05) is 10.9 Å². The summed E-state index contributed by atoms with van der Waals surface area (Å²) in [6.45, 7) is 2.00. The van der Waals surface area contributed by atoms with Gasteiger partial charge >= 0.3 is 0 Å². The van der Waals surface area contributed by atoms with Crippen LogP contribution in [0.25, 0.3) is 0 Å². The van der Waals surface area contributed by atoms with E-state index in [0.717, 1.165) is 12.8 Å². The third-order valence-corrected chi connectivity index (χ3v) is 3.67. The number of alkyl halides is 1. The van der Waals surface area contributed by atoms with E-state index in [9.17, 15) is 8.78 Å². The zero-order valence-corrected chi connectivity index (χ0v) is 11.4. The minimum Gasteiger partial charge on any atom is -0.207 e. The first-order chi connectivity index (χ1) is 7.56. The second kappa shape index (κ2) is 6.55. The maximum absolute atomic E-state index is 13.5. The highest BCUT2D eigenvalue weighted by molar-refractivity contribution is 9.10. The standard InChI is InChI=1S/C12H14BrClF2/c1-2-8(14)4-3-5-9-11(15)7-6-10(13)12(9)16/h6-8H,2-5H2,1H3. The Morgan fingerprint density at radius 1 is 1.38 bits per heavy atom. The maximum Gasteiger partial charge on any atom is 0.143 e. The van der Waals surface area contributed by atoms with Crippen LogP contribution in [0, 0.1) is 11.6 Å². The van der Waals surface area contributed by atoms with Crippen molar-refractivity contribution < 1.29 is 8.78 Å². The molecule has 0 aliphatic rings. The van der Waals surface area contributed by atoms with Crippen molar-refractivity contribution in [3.63, 3.8) is 0 Å². The summed E-state index contributed by atoms with van der Waals surface area (Å²) >= 11 is 8.99. The lowest BCUT2D eigenvalue weighted by molar-refractivity contribution is 0.540. The summed E-state index contributed by atoms with van der Waals surface area (Å²) < 4.78 is 27.2. The van der Waals surface area contributed by atoms with Crippen molar-refractivity contribution >= 4 is 27.5 Å². The van der Waals surface area contributed by atoms with Gasteiger partial charge in [0.2, 0.25) is 0 Å². The minimum atomic E-state index is -0.498. The molecule has 0 aliphatic heterocycles. The molecular formula is C12H14BrClF2.